The van der Waals surface area contributed by atoms with Crippen LogP contribution in [0, 0.1) is 0 Å². The third-order valence-corrected chi connectivity index (χ3v) is 3.36. The van der Waals surface area contributed by atoms with Gasteiger partial charge in [-0.2, -0.15) is 0 Å². The third-order valence-electron chi connectivity index (χ3n) is 0.889. The molecule has 0 aromatic carbocycles. The lowest BCUT2D eigenvalue weighted by Crippen LogP contribution is -1.94. The van der Waals surface area contributed by atoms with E-state index < -0.39 is 20.6 Å². The number of thiazole rings is 1. The Kier molecular flexibility index (Phi) is 1.78. The molecule has 1 atom stereocenters. The minimum Gasteiger partial charge on any atom is -0.493 e. The second kappa shape index (κ2) is 2.36. The van der Waals surface area contributed by atoms with Crippen LogP contribution < -0.4 is 4.87 Å². The Labute approximate surface area is 66.2 Å². The van der Waals surface area contributed by atoms with E-state index >= 15 is 0 Å². The highest BCUT2D eigenvalue weighted by Crippen LogP contribution is 2.21. The number of hydrogen-bond acceptors (Lipinski definition) is 4. The maximum atomic E-state index is 10.8. The largest absolute Gasteiger partial charge is 0.493 e. The molecule has 1 aromatic heterocycles. The smallest absolute Gasteiger partial charge is 0.308 e. The quantitative estimate of drug-likeness (QED) is 0.536. The van der Waals surface area contributed by atoms with Crippen molar-refractivity contribution in [1.82, 2.24) is 4.98 Å². The number of hydrogen-bond donors (Lipinski definition) is 3. The molecule has 0 bridgehead atoms. The van der Waals surface area contributed by atoms with Crippen LogP contribution in [-0.4, -0.2) is 24.7 Å². The average molecular weight is 195 g/mol. The molecule has 0 radical (unpaired) electrons. The molecular weight excluding hydrogens is 190 g/mol. The van der Waals surface area contributed by atoms with Crippen molar-refractivity contribution in [3.05, 3.63) is 9.67 Å². The molecule has 0 saturated carbocycles. The summed E-state index contributed by atoms with van der Waals surface area (Å²) in [7, 11) is -3.48. The molecular formula is C4H5NO4S2. The normalized spacial score (nSPS) is 16.1. The van der Waals surface area contributed by atoms with Crippen molar-refractivity contribution in [3.63, 3.8) is 0 Å². The Morgan fingerprint density at radius 1 is 1.64 bits per heavy atom. The lowest BCUT2D eigenvalue weighted by atomic mass is 10.9. The van der Waals surface area contributed by atoms with E-state index in [1.807, 2.05) is 4.98 Å². The van der Waals surface area contributed by atoms with Gasteiger partial charge in [0.2, 0.25) is 5.88 Å². The third kappa shape index (κ3) is 1.62. The lowest BCUT2D eigenvalue weighted by molar-refractivity contribution is 0.441. The van der Waals surface area contributed by atoms with Crippen LogP contribution in [0.2, 0.25) is 0 Å². The molecule has 0 amide bonds. The van der Waals surface area contributed by atoms with Gasteiger partial charge in [0, 0.05) is 0 Å². The fraction of sp³-hybridized carbons (Fsp3) is 0. The number of rotatable bonds is 1. The molecule has 3 N–H and O–H groups in total. The lowest BCUT2D eigenvalue weighted by Gasteiger charge is -1.94. The zero-order valence-corrected chi connectivity index (χ0v) is 6.87. The summed E-state index contributed by atoms with van der Waals surface area (Å²) < 4.78 is 19.2. The van der Waals surface area contributed by atoms with E-state index in [0.717, 1.165) is 0 Å². The van der Waals surface area contributed by atoms with Gasteiger partial charge >= 0.3 is 4.87 Å². The van der Waals surface area contributed by atoms with Crippen molar-refractivity contribution in [2.45, 2.75) is 4.21 Å². The van der Waals surface area contributed by atoms with Crippen molar-refractivity contribution in [3.8, 4) is 5.88 Å². The summed E-state index contributed by atoms with van der Waals surface area (Å²) in [5, 5.41) is 8.84. The predicted octanol–water partition coefficient (Wildman–Crippen LogP) is -0.310. The van der Waals surface area contributed by atoms with Crippen LogP contribution in [0.25, 0.3) is 0 Å². The van der Waals surface area contributed by atoms with Crippen molar-refractivity contribution in [2.75, 3.05) is 0 Å². The molecule has 0 spiro atoms. The molecule has 0 aliphatic heterocycles. The van der Waals surface area contributed by atoms with Crippen LogP contribution in [0.4, 0.5) is 0 Å². The van der Waals surface area contributed by atoms with Crippen LogP contribution in [0.3, 0.4) is 0 Å². The van der Waals surface area contributed by atoms with Gasteiger partial charge in [-0.3, -0.25) is 9.78 Å². The molecule has 0 aliphatic rings. The summed E-state index contributed by atoms with van der Waals surface area (Å²) >= 11 is 0.472. The van der Waals surface area contributed by atoms with E-state index in [9.17, 15) is 9.00 Å². The second-order valence-electron chi connectivity index (χ2n) is 1.79. The zero-order valence-electron chi connectivity index (χ0n) is 5.23. The number of nitrogens with one attached hydrogen (secondary N) is 1. The SMILES string of the molecule is C=S(=O)(O)c1sc(=O)[nH]c1O. The molecule has 1 rings (SSSR count). The van der Waals surface area contributed by atoms with Gasteiger partial charge in [0.25, 0.3) is 0 Å². The van der Waals surface area contributed by atoms with Gasteiger partial charge < -0.3 is 9.66 Å². The summed E-state index contributed by atoms with van der Waals surface area (Å²) in [5.41, 5.74) is 0. The highest BCUT2D eigenvalue weighted by molar-refractivity contribution is 7.97. The first-order valence-corrected chi connectivity index (χ1v) is 4.93. The summed E-state index contributed by atoms with van der Waals surface area (Å²) in [6.45, 7) is 0. The van der Waals surface area contributed by atoms with Gasteiger partial charge in [0.15, 0.2) is 4.21 Å². The fourth-order valence-electron chi connectivity index (χ4n) is 0.522. The van der Waals surface area contributed by atoms with E-state index in [1.54, 1.807) is 0 Å². The maximum absolute atomic E-state index is 10.8. The minimum absolute atomic E-state index is 0.317. The number of aromatic amines is 1. The molecule has 0 saturated heterocycles. The van der Waals surface area contributed by atoms with Crippen molar-refractivity contribution in [2.24, 2.45) is 0 Å². The highest BCUT2D eigenvalue weighted by atomic mass is 32.2. The van der Waals surface area contributed by atoms with Crippen LogP contribution in [0.15, 0.2) is 9.00 Å². The van der Waals surface area contributed by atoms with Crippen LogP contribution in [-0.2, 0) is 9.80 Å². The van der Waals surface area contributed by atoms with Gasteiger partial charge in [-0.1, -0.05) is 11.3 Å². The Hall–Kier alpha value is -0.790. The first-order valence-electron chi connectivity index (χ1n) is 2.43. The fourth-order valence-corrected chi connectivity index (χ4v) is 2.09. The Morgan fingerprint density at radius 2 is 2.18 bits per heavy atom. The molecule has 1 aromatic rings. The average Bonchev–Trinajstić information content (AvgIpc) is 2.08. The summed E-state index contributed by atoms with van der Waals surface area (Å²) in [4.78, 5) is 11.9. The first-order chi connectivity index (χ1) is 4.91. The van der Waals surface area contributed by atoms with Crippen LogP contribution in [0.5, 0.6) is 5.88 Å². The zero-order chi connectivity index (χ0) is 8.65. The van der Waals surface area contributed by atoms with Gasteiger partial charge in [-0.25, -0.2) is 4.21 Å². The first kappa shape index (κ1) is 8.31. The summed E-state index contributed by atoms with van der Waals surface area (Å²) in [6, 6.07) is 0. The highest BCUT2D eigenvalue weighted by Gasteiger charge is 2.13. The monoisotopic (exact) mass is 195 g/mol. The van der Waals surface area contributed by atoms with E-state index in [4.69, 9.17) is 9.66 Å². The molecule has 62 valence electrons. The molecule has 11 heavy (non-hydrogen) atoms. The van der Waals surface area contributed by atoms with Crippen LogP contribution >= 0.6 is 11.3 Å². The number of aromatic nitrogens is 1. The van der Waals surface area contributed by atoms with Gasteiger partial charge in [0.05, 0.1) is 0 Å². The predicted molar refractivity (Wildman–Crippen MR) is 42.8 cm³/mol. The molecule has 0 aliphatic carbocycles. The molecule has 1 unspecified atom stereocenters. The van der Waals surface area contributed by atoms with Crippen molar-refractivity contribution < 1.29 is 13.9 Å². The van der Waals surface area contributed by atoms with E-state index in [-0.39, 0.29) is 4.21 Å². The molecule has 0 fully saturated rings. The summed E-state index contributed by atoms with van der Waals surface area (Å²) in [6.07, 6.45) is 0. The Bertz CT molecular complexity index is 412. The van der Waals surface area contributed by atoms with E-state index in [0.29, 0.717) is 11.3 Å². The topological polar surface area (TPSA) is 90.4 Å². The summed E-state index contributed by atoms with van der Waals surface area (Å²) in [5.74, 6) is 2.31. The van der Waals surface area contributed by atoms with Gasteiger partial charge in [-0.05, 0) is 5.87 Å². The standard InChI is InChI=1S/C4H5NO4S2/c1-11(8,9)3-2(6)5-4(7)10-3/h6H,1H2,(H,5,7)(H,8,9). The Morgan fingerprint density at radius 3 is 2.36 bits per heavy atom. The minimum atomic E-state index is -3.48. The van der Waals surface area contributed by atoms with E-state index in [1.165, 1.54) is 0 Å². The Balaban J connectivity index is 3.48. The molecule has 5 nitrogen and oxygen atoms in total. The number of aromatic hydroxyl groups is 1. The second-order valence-corrected chi connectivity index (χ2v) is 4.72. The van der Waals surface area contributed by atoms with Crippen molar-refractivity contribution in [1.29, 1.82) is 0 Å². The van der Waals surface area contributed by atoms with Crippen LogP contribution in [0.1, 0.15) is 0 Å². The maximum Gasteiger partial charge on any atom is 0.308 e. The molecule has 1 heterocycles. The van der Waals surface area contributed by atoms with Gasteiger partial charge in [0.1, 0.15) is 9.80 Å². The number of H-pyrrole nitrogens is 1. The van der Waals surface area contributed by atoms with E-state index in [2.05, 4.69) is 5.87 Å². The molecule has 7 heteroatoms. The van der Waals surface area contributed by atoms with Crippen molar-refractivity contribution >= 4 is 27.0 Å². The van der Waals surface area contributed by atoms with Gasteiger partial charge in [-0.15, -0.1) is 0 Å².